The third kappa shape index (κ3) is 4.87. The topological polar surface area (TPSA) is 77.1 Å². The van der Waals surface area contributed by atoms with E-state index in [1.54, 1.807) is 60.4 Å². The molecule has 0 saturated heterocycles. The van der Waals surface area contributed by atoms with Gasteiger partial charge in [0.2, 0.25) is 0 Å². The first kappa shape index (κ1) is 20.3. The summed E-state index contributed by atoms with van der Waals surface area (Å²) in [4.78, 5) is 26.1. The summed E-state index contributed by atoms with van der Waals surface area (Å²) in [7, 11) is 0. The molecule has 152 valence electrons. The van der Waals surface area contributed by atoms with Crippen LogP contribution in [0.25, 0.3) is 0 Å². The van der Waals surface area contributed by atoms with Gasteiger partial charge in [0, 0.05) is 18.3 Å². The standard InChI is InChI=1S/C22H24N2O5/c1-4-12-24-19-11-6-16(13-20(19)29-15(3)22(24)26)23-21(25)14-28-18-9-7-17(8-10-18)27-5-2/h4,6-11,13,15H,1,5,12,14H2,2-3H3,(H,23,25). The Morgan fingerprint density at radius 2 is 1.90 bits per heavy atom. The lowest BCUT2D eigenvalue weighted by Crippen LogP contribution is -2.44. The van der Waals surface area contributed by atoms with Gasteiger partial charge in [-0.25, -0.2) is 0 Å². The van der Waals surface area contributed by atoms with E-state index in [0.717, 1.165) is 5.75 Å². The molecule has 0 aliphatic carbocycles. The van der Waals surface area contributed by atoms with Gasteiger partial charge >= 0.3 is 0 Å². The number of hydrogen-bond acceptors (Lipinski definition) is 5. The fourth-order valence-electron chi connectivity index (χ4n) is 2.95. The quantitative estimate of drug-likeness (QED) is 0.692. The molecule has 0 fully saturated rings. The molecule has 7 heteroatoms. The van der Waals surface area contributed by atoms with E-state index in [1.807, 2.05) is 6.92 Å². The average molecular weight is 396 g/mol. The minimum atomic E-state index is -0.601. The van der Waals surface area contributed by atoms with Gasteiger partial charge in [-0.1, -0.05) is 6.08 Å². The Morgan fingerprint density at radius 3 is 2.55 bits per heavy atom. The van der Waals surface area contributed by atoms with Crippen LogP contribution in [0.15, 0.2) is 55.1 Å². The van der Waals surface area contributed by atoms with E-state index in [2.05, 4.69) is 11.9 Å². The highest BCUT2D eigenvalue weighted by Gasteiger charge is 2.30. The average Bonchev–Trinajstić information content (AvgIpc) is 2.71. The Morgan fingerprint density at radius 1 is 1.21 bits per heavy atom. The predicted molar refractivity (Wildman–Crippen MR) is 111 cm³/mol. The normalized spacial score (nSPS) is 15.2. The van der Waals surface area contributed by atoms with Crippen LogP contribution in [0.3, 0.4) is 0 Å². The van der Waals surface area contributed by atoms with Gasteiger partial charge in [0.25, 0.3) is 11.8 Å². The van der Waals surface area contributed by atoms with Gasteiger partial charge in [-0.15, -0.1) is 6.58 Å². The van der Waals surface area contributed by atoms with Gasteiger partial charge in [0.15, 0.2) is 12.7 Å². The number of fused-ring (bicyclic) bond motifs is 1. The first-order chi connectivity index (χ1) is 14.0. The smallest absolute Gasteiger partial charge is 0.268 e. The van der Waals surface area contributed by atoms with Crippen molar-refractivity contribution in [1.29, 1.82) is 0 Å². The zero-order chi connectivity index (χ0) is 20.8. The zero-order valence-corrected chi connectivity index (χ0v) is 16.5. The number of anilines is 2. The van der Waals surface area contributed by atoms with E-state index in [9.17, 15) is 9.59 Å². The second-order valence-corrected chi connectivity index (χ2v) is 6.42. The van der Waals surface area contributed by atoms with Crippen molar-refractivity contribution in [2.45, 2.75) is 20.0 Å². The maximum absolute atomic E-state index is 12.3. The molecule has 1 N–H and O–H groups in total. The minimum Gasteiger partial charge on any atom is -0.494 e. The van der Waals surface area contributed by atoms with Gasteiger partial charge in [-0.2, -0.15) is 0 Å². The Kier molecular flexibility index (Phi) is 6.39. The Balaban J connectivity index is 1.61. The van der Waals surface area contributed by atoms with Crippen LogP contribution < -0.4 is 24.4 Å². The number of carbonyl (C=O) groups excluding carboxylic acids is 2. The number of rotatable bonds is 8. The molecule has 2 aromatic rings. The molecule has 0 bridgehead atoms. The third-order valence-electron chi connectivity index (χ3n) is 4.27. The number of ether oxygens (including phenoxy) is 3. The molecule has 0 radical (unpaired) electrons. The molecule has 1 aliphatic rings. The van der Waals surface area contributed by atoms with Crippen LogP contribution in [-0.2, 0) is 9.59 Å². The highest BCUT2D eigenvalue weighted by atomic mass is 16.5. The van der Waals surface area contributed by atoms with Crippen LogP contribution in [-0.4, -0.2) is 37.7 Å². The van der Waals surface area contributed by atoms with Crippen LogP contribution in [0.4, 0.5) is 11.4 Å². The summed E-state index contributed by atoms with van der Waals surface area (Å²) in [6.07, 6.45) is 1.06. The van der Waals surface area contributed by atoms with Crippen molar-refractivity contribution >= 4 is 23.2 Å². The summed E-state index contributed by atoms with van der Waals surface area (Å²) in [5, 5.41) is 2.77. The molecule has 1 aliphatic heterocycles. The first-order valence-electron chi connectivity index (χ1n) is 9.40. The van der Waals surface area contributed by atoms with E-state index in [4.69, 9.17) is 14.2 Å². The molecule has 7 nitrogen and oxygen atoms in total. The molecule has 1 unspecified atom stereocenters. The molecule has 2 amide bonds. The maximum atomic E-state index is 12.3. The molecule has 0 spiro atoms. The fourth-order valence-corrected chi connectivity index (χ4v) is 2.95. The summed E-state index contributed by atoms with van der Waals surface area (Å²) in [6.45, 7) is 8.14. The van der Waals surface area contributed by atoms with Crippen molar-refractivity contribution in [1.82, 2.24) is 0 Å². The molecule has 1 heterocycles. The number of nitrogens with one attached hydrogen (secondary N) is 1. The van der Waals surface area contributed by atoms with Crippen molar-refractivity contribution in [3.8, 4) is 17.2 Å². The summed E-state index contributed by atoms with van der Waals surface area (Å²) in [6, 6.07) is 12.2. The van der Waals surface area contributed by atoms with E-state index >= 15 is 0 Å². The lowest BCUT2D eigenvalue weighted by atomic mass is 10.1. The van der Waals surface area contributed by atoms with Gasteiger partial charge in [0.05, 0.1) is 12.3 Å². The molecule has 0 aromatic heterocycles. The molecular weight excluding hydrogens is 372 g/mol. The van der Waals surface area contributed by atoms with E-state index in [-0.39, 0.29) is 18.4 Å². The van der Waals surface area contributed by atoms with Crippen LogP contribution in [0, 0.1) is 0 Å². The molecule has 2 aromatic carbocycles. The second kappa shape index (κ2) is 9.14. The highest BCUT2D eigenvalue weighted by molar-refractivity contribution is 6.01. The maximum Gasteiger partial charge on any atom is 0.268 e. The Labute approximate surface area is 169 Å². The number of amides is 2. The van der Waals surface area contributed by atoms with Crippen molar-refractivity contribution in [2.24, 2.45) is 0 Å². The van der Waals surface area contributed by atoms with Gasteiger partial charge in [0.1, 0.15) is 17.2 Å². The van der Waals surface area contributed by atoms with Crippen LogP contribution >= 0.6 is 0 Å². The monoisotopic (exact) mass is 396 g/mol. The Hall–Kier alpha value is -3.48. The zero-order valence-electron chi connectivity index (χ0n) is 16.5. The van der Waals surface area contributed by atoms with E-state index < -0.39 is 6.10 Å². The van der Waals surface area contributed by atoms with Crippen LogP contribution in [0.1, 0.15) is 13.8 Å². The van der Waals surface area contributed by atoms with Crippen LogP contribution in [0.2, 0.25) is 0 Å². The lowest BCUT2D eigenvalue weighted by Gasteiger charge is -2.32. The van der Waals surface area contributed by atoms with Crippen molar-refractivity contribution in [3.63, 3.8) is 0 Å². The number of benzene rings is 2. The van der Waals surface area contributed by atoms with E-state index in [1.165, 1.54) is 0 Å². The largest absolute Gasteiger partial charge is 0.494 e. The highest BCUT2D eigenvalue weighted by Crippen LogP contribution is 2.36. The Bertz CT molecular complexity index is 895. The SMILES string of the molecule is C=CCN1C(=O)C(C)Oc2cc(NC(=O)COc3ccc(OCC)cc3)ccc21. The molecule has 3 rings (SSSR count). The van der Waals surface area contributed by atoms with Crippen molar-refractivity contribution in [3.05, 3.63) is 55.1 Å². The molecule has 29 heavy (non-hydrogen) atoms. The lowest BCUT2D eigenvalue weighted by molar-refractivity contribution is -0.125. The predicted octanol–water partition coefficient (Wildman–Crippen LogP) is 3.40. The number of carbonyl (C=O) groups is 2. The molecule has 1 atom stereocenters. The summed E-state index contributed by atoms with van der Waals surface area (Å²) >= 11 is 0. The van der Waals surface area contributed by atoms with E-state index in [0.29, 0.717) is 36.0 Å². The van der Waals surface area contributed by atoms with Crippen molar-refractivity contribution in [2.75, 3.05) is 30.0 Å². The third-order valence-corrected chi connectivity index (χ3v) is 4.27. The first-order valence-corrected chi connectivity index (χ1v) is 9.40. The van der Waals surface area contributed by atoms with Crippen LogP contribution in [0.5, 0.6) is 17.2 Å². The number of nitrogens with zero attached hydrogens (tertiary/aromatic N) is 1. The van der Waals surface area contributed by atoms with Gasteiger partial charge in [-0.3, -0.25) is 9.59 Å². The fraction of sp³-hybridized carbons (Fsp3) is 0.273. The minimum absolute atomic E-state index is 0.127. The summed E-state index contributed by atoms with van der Waals surface area (Å²) in [5.41, 5.74) is 1.21. The van der Waals surface area contributed by atoms with Gasteiger partial charge in [-0.05, 0) is 50.2 Å². The molecular formula is C22H24N2O5. The summed E-state index contributed by atoms with van der Waals surface area (Å²) < 4.78 is 16.6. The van der Waals surface area contributed by atoms with Gasteiger partial charge < -0.3 is 24.4 Å². The second-order valence-electron chi connectivity index (χ2n) is 6.42. The number of hydrogen-bond donors (Lipinski definition) is 1. The summed E-state index contributed by atoms with van der Waals surface area (Å²) in [5.74, 6) is 1.42. The molecule has 0 saturated carbocycles. The van der Waals surface area contributed by atoms with Crippen molar-refractivity contribution < 1.29 is 23.8 Å².